The van der Waals surface area contributed by atoms with Gasteiger partial charge in [-0.25, -0.2) is 0 Å². The zero-order valence-electron chi connectivity index (χ0n) is 14.4. The largest absolute Gasteiger partial charge is 0.352 e. The molecule has 0 unspecified atom stereocenters. The molecule has 6 heteroatoms. The van der Waals surface area contributed by atoms with Crippen molar-refractivity contribution in [2.75, 3.05) is 19.6 Å². The van der Waals surface area contributed by atoms with Gasteiger partial charge in [-0.1, -0.05) is 41.9 Å². The molecule has 2 amide bonds. The molecule has 2 atom stereocenters. The van der Waals surface area contributed by atoms with Crippen LogP contribution in [0.5, 0.6) is 0 Å². The smallest absolute Gasteiger partial charge is 0.252 e. The van der Waals surface area contributed by atoms with E-state index in [1.54, 1.807) is 36.4 Å². The van der Waals surface area contributed by atoms with Crippen molar-refractivity contribution in [3.8, 4) is 0 Å². The molecule has 0 radical (unpaired) electrons. The first-order valence-electron chi connectivity index (χ1n) is 8.73. The van der Waals surface area contributed by atoms with Crippen molar-refractivity contribution in [2.45, 2.75) is 12.5 Å². The Balaban J connectivity index is 1.41. The molecule has 1 heterocycles. The van der Waals surface area contributed by atoms with Gasteiger partial charge in [0.2, 0.25) is 0 Å². The summed E-state index contributed by atoms with van der Waals surface area (Å²) in [5, 5.41) is 9.75. The van der Waals surface area contributed by atoms with Gasteiger partial charge in [0.1, 0.15) is 0 Å². The maximum Gasteiger partial charge on any atom is 0.252 e. The van der Waals surface area contributed by atoms with Gasteiger partial charge >= 0.3 is 0 Å². The zero-order chi connectivity index (χ0) is 18.4. The van der Waals surface area contributed by atoms with Crippen molar-refractivity contribution in [2.24, 2.45) is 5.92 Å². The second-order valence-corrected chi connectivity index (χ2v) is 6.88. The molecule has 1 fully saturated rings. The lowest BCUT2D eigenvalue weighted by Crippen LogP contribution is -2.37. The lowest BCUT2D eigenvalue weighted by Gasteiger charge is -2.13. The van der Waals surface area contributed by atoms with Crippen LogP contribution in [-0.2, 0) is 0 Å². The quantitative estimate of drug-likeness (QED) is 0.730. The summed E-state index contributed by atoms with van der Waals surface area (Å²) in [7, 11) is 0. The average Bonchev–Trinajstić information content (AvgIpc) is 3.13. The molecule has 0 aliphatic carbocycles. The third-order valence-electron chi connectivity index (χ3n) is 4.53. The highest BCUT2D eigenvalue weighted by Gasteiger charge is 2.25. The number of rotatable bonds is 6. The predicted molar refractivity (Wildman–Crippen MR) is 102 cm³/mol. The summed E-state index contributed by atoms with van der Waals surface area (Å²) in [6.07, 6.45) is 0.901. The summed E-state index contributed by atoms with van der Waals surface area (Å²) < 4.78 is 0. The Morgan fingerprint density at radius 1 is 0.962 bits per heavy atom. The van der Waals surface area contributed by atoms with Crippen molar-refractivity contribution in [1.29, 1.82) is 0 Å². The SMILES string of the molecule is O=C(NC[C@@H]1C[C@H](CNC(=O)c2ccccc2Cl)CN1)c1ccccc1. The molecule has 0 saturated carbocycles. The van der Waals surface area contributed by atoms with Gasteiger partial charge in [0.05, 0.1) is 10.6 Å². The van der Waals surface area contributed by atoms with Crippen LogP contribution in [0.1, 0.15) is 27.1 Å². The predicted octanol–water partition coefficient (Wildman–Crippen LogP) is 2.48. The minimum Gasteiger partial charge on any atom is -0.352 e. The van der Waals surface area contributed by atoms with Crippen LogP contribution in [0.25, 0.3) is 0 Å². The molecule has 0 aromatic heterocycles. The maximum atomic E-state index is 12.2. The van der Waals surface area contributed by atoms with Gasteiger partial charge in [0, 0.05) is 31.2 Å². The Bertz CT molecular complexity index is 767. The Morgan fingerprint density at radius 2 is 1.65 bits per heavy atom. The number of nitrogens with one attached hydrogen (secondary N) is 3. The van der Waals surface area contributed by atoms with Crippen LogP contribution < -0.4 is 16.0 Å². The van der Waals surface area contributed by atoms with E-state index in [1.165, 1.54) is 0 Å². The Hall–Kier alpha value is -2.37. The van der Waals surface area contributed by atoms with Crippen molar-refractivity contribution in [1.82, 2.24) is 16.0 Å². The fraction of sp³-hybridized carbons (Fsp3) is 0.300. The summed E-state index contributed by atoms with van der Waals surface area (Å²) in [6, 6.07) is 16.4. The van der Waals surface area contributed by atoms with Crippen molar-refractivity contribution in [3.05, 3.63) is 70.7 Å². The molecule has 136 valence electrons. The molecule has 26 heavy (non-hydrogen) atoms. The molecule has 2 aromatic rings. The summed E-state index contributed by atoms with van der Waals surface area (Å²) in [4.78, 5) is 24.3. The summed E-state index contributed by atoms with van der Waals surface area (Å²) in [5.74, 6) is 0.111. The highest BCUT2D eigenvalue weighted by molar-refractivity contribution is 6.33. The van der Waals surface area contributed by atoms with Crippen molar-refractivity contribution < 1.29 is 9.59 Å². The third kappa shape index (κ3) is 4.84. The molecule has 1 saturated heterocycles. The van der Waals surface area contributed by atoms with Crippen LogP contribution >= 0.6 is 11.6 Å². The lowest BCUT2D eigenvalue weighted by molar-refractivity contribution is 0.0943. The van der Waals surface area contributed by atoms with E-state index in [0.29, 0.717) is 35.2 Å². The van der Waals surface area contributed by atoms with Gasteiger partial charge in [0.25, 0.3) is 11.8 Å². The Kier molecular flexibility index (Phi) is 6.26. The molecule has 1 aliphatic rings. The molecular formula is C20H22ClN3O2. The Labute approximate surface area is 158 Å². The molecular weight excluding hydrogens is 350 g/mol. The first-order valence-corrected chi connectivity index (χ1v) is 9.10. The van der Waals surface area contributed by atoms with Crippen LogP contribution in [0.3, 0.4) is 0 Å². The van der Waals surface area contributed by atoms with E-state index in [1.807, 2.05) is 18.2 Å². The molecule has 3 rings (SSSR count). The third-order valence-corrected chi connectivity index (χ3v) is 4.86. The second kappa shape index (κ2) is 8.83. The van der Waals surface area contributed by atoms with Gasteiger partial charge in [-0.2, -0.15) is 0 Å². The highest BCUT2D eigenvalue weighted by Crippen LogP contribution is 2.16. The highest BCUT2D eigenvalue weighted by atomic mass is 35.5. The summed E-state index contributed by atoms with van der Waals surface area (Å²) in [6.45, 7) is 1.97. The van der Waals surface area contributed by atoms with E-state index < -0.39 is 0 Å². The van der Waals surface area contributed by atoms with Crippen molar-refractivity contribution in [3.63, 3.8) is 0 Å². The minimum atomic E-state index is -0.156. The number of benzene rings is 2. The van der Waals surface area contributed by atoms with Gasteiger partial charge < -0.3 is 16.0 Å². The molecule has 0 bridgehead atoms. The van der Waals surface area contributed by atoms with E-state index in [4.69, 9.17) is 11.6 Å². The van der Waals surface area contributed by atoms with Gasteiger partial charge in [-0.05, 0) is 36.6 Å². The van der Waals surface area contributed by atoms with Crippen LogP contribution in [0.2, 0.25) is 5.02 Å². The van der Waals surface area contributed by atoms with E-state index >= 15 is 0 Å². The standard InChI is InChI=1S/C20H22ClN3O2/c21-18-9-5-4-8-17(18)20(26)23-12-14-10-16(22-11-14)13-24-19(25)15-6-2-1-3-7-15/h1-9,14,16,22H,10-13H2,(H,23,26)(H,24,25)/t14-,16-/m0/s1. The number of carbonyl (C=O) groups is 2. The number of carbonyl (C=O) groups excluding carboxylic acids is 2. The molecule has 3 N–H and O–H groups in total. The molecule has 5 nitrogen and oxygen atoms in total. The van der Waals surface area contributed by atoms with E-state index in [0.717, 1.165) is 13.0 Å². The van der Waals surface area contributed by atoms with Gasteiger partial charge in [-0.3, -0.25) is 9.59 Å². The van der Waals surface area contributed by atoms with Crippen LogP contribution in [0.15, 0.2) is 54.6 Å². The monoisotopic (exact) mass is 371 g/mol. The topological polar surface area (TPSA) is 70.2 Å². The molecule has 0 spiro atoms. The number of hydrogen-bond donors (Lipinski definition) is 3. The van der Waals surface area contributed by atoms with Gasteiger partial charge in [-0.15, -0.1) is 0 Å². The minimum absolute atomic E-state index is 0.0668. The van der Waals surface area contributed by atoms with Gasteiger partial charge in [0.15, 0.2) is 0 Å². The molecule has 1 aliphatic heterocycles. The number of hydrogen-bond acceptors (Lipinski definition) is 3. The normalized spacial score (nSPS) is 19.1. The summed E-state index contributed by atoms with van der Waals surface area (Å²) in [5.41, 5.74) is 1.15. The molecule has 2 aromatic carbocycles. The lowest BCUT2D eigenvalue weighted by atomic mass is 10.1. The van der Waals surface area contributed by atoms with E-state index in [2.05, 4.69) is 16.0 Å². The van der Waals surface area contributed by atoms with Crippen LogP contribution in [0, 0.1) is 5.92 Å². The Morgan fingerprint density at radius 3 is 2.42 bits per heavy atom. The second-order valence-electron chi connectivity index (χ2n) is 6.47. The van der Waals surface area contributed by atoms with Crippen LogP contribution in [0.4, 0.5) is 0 Å². The number of halogens is 1. The number of amides is 2. The van der Waals surface area contributed by atoms with Crippen molar-refractivity contribution >= 4 is 23.4 Å². The van der Waals surface area contributed by atoms with Crippen LogP contribution in [-0.4, -0.2) is 37.5 Å². The summed E-state index contributed by atoms with van der Waals surface area (Å²) >= 11 is 6.05. The van der Waals surface area contributed by atoms with E-state index in [-0.39, 0.29) is 17.9 Å². The van der Waals surface area contributed by atoms with E-state index in [9.17, 15) is 9.59 Å². The average molecular weight is 372 g/mol. The zero-order valence-corrected chi connectivity index (χ0v) is 15.1. The first-order chi connectivity index (χ1) is 12.6. The maximum absolute atomic E-state index is 12.2. The fourth-order valence-electron chi connectivity index (χ4n) is 3.10. The first kappa shape index (κ1) is 18.4. The fourth-order valence-corrected chi connectivity index (χ4v) is 3.32.